The van der Waals surface area contributed by atoms with Crippen LogP contribution in [0.5, 0.6) is 0 Å². The number of nitrogens with one attached hydrogen (secondary N) is 1. The Morgan fingerprint density at radius 2 is 1.61 bits per heavy atom. The summed E-state index contributed by atoms with van der Waals surface area (Å²) in [6, 6.07) is 0. The van der Waals surface area contributed by atoms with Crippen molar-refractivity contribution in [3.63, 3.8) is 0 Å². The summed E-state index contributed by atoms with van der Waals surface area (Å²) in [4.78, 5) is 0. The molecule has 0 unspecified atom stereocenters. The number of aliphatic hydroxyl groups excluding tert-OH is 6. The Morgan fingerprint density at radius 1 is 0.843 bits per heavy atom. The number of allylic oxidation sites excluding steroid dienone is 1. The number of rotatable bonds is 5. The Hall–Kier alpha value is -0.740. The molecule has 12 heteroatoms. The highest BCUT2D eigenvalue weighted by atomic mass is 16.7. The smallest absolute Gasteiger partial charge is 0.187 e. The molecule has 51 heavy (non-hydrogen) atoms. The van der Waals surface area contributed by atoms with Gasteiger partial charge in [0.05, 0.1) is 24.9 Å². The fourth-order valence-electron chi connectivity index (χ4n) is 12.7. The summed E-state index contributed by atoms with van der Waals surface area (Å²) in [5, 5.41) is 66.7. The van der Waals surface area contributed by atoms with Gasteiger partial charge < -0.3 is 54.3 Å². The highest BCUT2D eigenvalue weighted by Gasteiger charge is 2.68. The molecule has 0 radical (unpaired) electrons. The fourth-order valence-corrected chi connectivity index (χ4v) is 12.7. The molecule has 4 heterocycles. The summed E-state index contributed by atoms with van der Waals surface area (Å²) >= 11 is 0. The van der Waals surface area contributed by atoms with Crippen LogP contribution in [0.25, 0.3) is 0 Å². The Kier molecular flexibility index (Phi) is 9.83. The van der Waals surface area contributed by atoms with E-state index < -0.39 is 68.0 Å². The summed E-state index contributed by atoms with van der Waals surface area (Å²) < 4.78 is 30.9. The lowest BCUT2D eigenvalue weighted by atomic mass is 9.47. The first-order chi connectivity index (χ1) is 24.2. The average molecular weight is 722 g/mol. The van der Waals surface area contributed by atoms with Gasteiger partial charge in [0, 0.05) is 12.5 Å². The molecule has 7 N–H and O–H groups in total. The Balaban J connectivity index is 0.929. The highest BCUT2D eigenvalue weighted by molar-refractivity contribution is 5.26. The van der Waals surface area contributed by atoms with E-state index in [1.54, 1.807) is 6.92 Å². The van der Waals surface area contributed by atoms with Crippen molar-refractivity contribution in [1.29, 1.82) is 0 Å². The van der Waals surface area contributed by atoms with E-state index >= 15 is 0 Å². The van der Waals surface area contributed by atoms with Gasteiger partial charge in [0.25, 0.3) is 0 Å². The maximum absolute atomic E-state index is 11.4. The minimum Gasteiger partial charge on any atom is -0.394 e. The third-order valence-electron chi connectivity index (χ3n) is 15.8. The predicted molar refractivity (Wildman–Crippen MR) is 184 cm³/mol. The largest absolute Gasteiger partial charge is 0.394 e. The zero-order valence-electron chi connectivity index (χ0n) is 31.0. The molecule has 8 aliphatic rings. The summed E-state index contributed by atoms with van der Waals surface area (Å²) in [6.45, 7) is 12.0. The van der Waals surface area contributed by atoms with E-state index in [1.165, 1.54) is 31.3 Å². The van der Waals surface area contributed by atoms with Crippen LogP contribution in [0.1, 0.15) is 92.4 Å². The van der Waals surface area contributed by atoms with Gasteiger partial charge in [0.1, 0.15) is 48.5 Å². The molecular formula is C39H63NO11. The Morgan fingerprint density at radius 3 is 2.33 bits per heavy atom. The Bertz CT molecular complexity index is 1310. The molecule has 1 spiro atoms. The number of aliphatic hydroxyl groups is 6. The molecule has 4 aliphatic carbocycles. The SMILES string of the molecule is C[C@@H]1CC[C@@]2(NC1)O[C@H]1C[C@H]3[C@@H]4CC=C5C[C@@H](O[C@@H]6O[C@@H](C)[C@H](O)[C@@H](O[C@@H]7O[C@H](CO)[C@@H](O)[C@H](O)[C@H]7O)[C@H]6O)CC[C@]5(C)[C@H]4CC[C@]3(C)[C@H]1[C@@H]2C. The molecule has 3 saturated carbocycles. The molecule has 0 amide bonds. The van der Waals surface area contributed by atoms with Gasteiger partial charge in [-0.15, -0.1) is 0 Å². The normalized spacial score (nSPS) is 58.4. The molecule has 21 atom stereocenters. The summed E-state index contributed by atoms with van der Waals surface area (Å²) in [7, 11) is 0. The lowest BCUT2D eigenvalue weighted by molar-refractivity contribution is -0.361. The number of ether oxygens (including phenoxy) is 5. The predicted octanol–water partition coefficient (Wildman–Crippen LogP) is 1.96. The van der Waals surface area contributed by atoms with Crippen molar-refractivity contribution in [2.45, 2.75) is 172 Å². The fraction of sp³-hybridized carbons (Fsp3) is 0.949. The zero-order valence-corrected chi connectivity index (χ0v) is 31.0. The van der Waals surface area contributed by atoms with Crippen LogP contribution in [0.15, 0.2) is 11.6 Å². The van der Waals surface area contributed by atoms with Gasteiger partial charge in [0.2, 0.25) is 0 Å². The standard InChI is InChI=1S/C39H63NO11/c1-18-8-13-39(40-16-18)19(2)28-26(51-39)15-25-23-7-6-21-14-22(9-11-37(21,4)24(23)10-12-38(25,28)5)48-36-33(46)34(29(42)20(3)47-36)50-35-32(45)31(44)30(43)27(17-41)49-35/h6,18-20,22-36,40-46H,7-17H2,1-5H3/t18-,19+,20+,22+,23-,24+,25+,26+,27-,28+,29+,30-,31+,32-,33-,34-,35+,36+,37+,38+,39-/m1/s1. The molecule has 0 aromatic carbocycles. The first-order valence-electron chi connectivity index (χ1n) is 20.0. The van der Waals surface area contributed by atoms with E-state index in [0.29, 0.717) is 47.0 Å². The van der Waals surface area contributed by atoms with E-state index in [1.807, 2.05) is 0 Å². The second kappa shape index (κ2) is 13.5. The molecule has 0 aromatic heterocycles. The lowest BCUT2D eigenvalue weighted by Gasteiger charge is -2.59. The minimum absolute atomic E-state index is 0.0981. The second-order valence-corrected chi connectivity index (χ2v) is 18.4. The number of hydrogen-bond acceptors (Lipinski definition) is 12. The first kappa shape index (κ1) is 37.2. The third-order valence-corrected chi connectivity index (χ3v) is 15.8. The number of piperidine rings is 1. The lowest BCUT2D eigenvalue weighted by Crippen LogP contribution is -2.64. The van der Waals surface area contributed by atoms with Gasteiger partial charge in [-0.1, -0.05) is 39.3 Å². The molecule has 8 rings (SSSR count). The van der Waals surface area contributed by atoms with Crippen LogP contribution in [0, 0.1) is 46.3 Å². The molecule has 0 bridgehead atoms. The average Bonchev–Trinajstić information content (AvgIpc) is 3.56. The van der Waals surface area contributed by atoms with Crippen molar-refractivity contribution in [2.75, 3.05) is 13.2 Å². The van der Waals surface area contributed by atoms with Gasteiger partial charge in [-0.3, -0.25) is 5.32 Å². The van der Waals surface area contributed by atoms with Crippen molar-refractivity contribution in [1.82, 2.24) is 5.32 Å². The van der Waals surface area contributed by atoms with Gasteiger partial charge in [-0.05, 0) is 105 Å². The Labute approximate surface area is 302 Å². The van der Waals surface area contributed by atoms with Gasteiger partial charge in [0.15, 0.2) is 12.6 Å². The molecule has 4 saturated heterocycles. The van der Waals surface area contributed by atoms with E-state index in [-0.39, 0.29) is 17.2 Å². The highest BCUT2D eigenvalue weighted by Crippen LogP contribution is 2.70. The van der Waals surface area contributed by atoms with Gasteiger partial charge in [-0.2, -0.15) is 0 Å². The second-order valence-electron chi connectivity index (χ2n) is 18.4. The van der Waals surface area contributed by atoms with E-state index in [2.05, 4.69) is 39.1 Å². The van der Waals surface area contributed by atoms with Crippen molar-refractivity contribution in [2.24, 2.45) is 46.3 Å². The maximum Gasteiger partial charge on any atom is 0.187 e. The van der Waals surface area contributed by atoms with Crippen LogP contribution in [-0.2, 0) is 23.7 Å². The van der Waals surface area contributed by atoms with Crippen molar-refractivity contribution in [3.8, 4) is 0 Å². The summed E-state index contributed by atoms with van der Waals surface area (Å²) in [6.07, 6.45) is -1.05. The van der Waals surface area contributed by atoms with Crippen LogP contribution < -0.4 is 5.32 Å². The number of fused-ring (bicyclic) bond motifs is 7. The monoisotopic (exact) mass is 721 g/mol. The van der Waals surface area contributed by atoms with E-state index in [0.717, 1.165) is 38.6 Å². The first-order valence-corrected chi connectivity index (χ1v) is 20.0. The summed E-state index contributed by atoms with van der Waals surface area (Å²) in [5.41, 5.74) is 1.69. The molecule has 12 nitrogen and oxygen atoms in total. The zero-order chi connectivity index (χ0) is 36.2. The molecular weight excluding hydrogens is 658 g/mol. The quantitative estimate of drug-likeness (QED) is 0.206. The van der Waals surface area contributed by atoms with E-state index in [4.69, 9.17) is 23.7 Å². The third kappa shape index (κ3) is 5.84. The summed E-state index contributed by atoms with van der Waals surface area (Å²) in [5.74, 6) is 3.76. The van der Waals surface area contributed by atoms with Crippen LogP contribution >= 0.6 is 0 Å². The van der Waals surface area contributed by atoms with Crippen LogP contribution in [0.4, 0.5) is 0 Å². The van der Waals surface area contributed by atoms with Crippen molar-refractivity contribution in [3.05, 3.63) is 11.6 Å². The van der Waals surface area contributed by atoms with Crippen molar-refractivity contribution < 1.29 is 54.3 Å². The molecule has 4 aliphatic heterocycles. The molecule has 290 valence electrons. The van der Waals surface area contributed by atoms with Crippen LogP contribution in [0.3, 0.4) is 0 Å². The minimum atomic E-state index is -1.66. The van der Waals surface area contributed by atoms with Gasteiger partial charge >= 0.3 is 0 Å². The topological polar surface area (TPSA) is 180 Å². The van der Waals surface area contributed by atoms with Crippen LogP contribution in [-0.4, -0.2) is 123 Å². The van der Waals surface area contributed by atoms with Gasteiger partial charge in [-0.25, -0.2) is 0 Å². The molecule has 7 fully saturated rings. The maximum atomic E-state index is 11.4. The number of hydrogen-bond donors (Lipinski definition) is 7. The van der Waals surface area contributed by atoms with Crippen molar-refractivity contribution >= 4 is 0 Å². The van der Waals surface area contributed by atoms with Crippen LogP contribution in [0.2, 0.25) is 0 Å². The van der Waals surface area contributed by atoms with E-state index in [9.17, 15) is 30.6 Å². The molecule has 0 aromatic rings.